The Morgan fingerprint density at radius 2 is 1.78 bits per heavy atom. The van der Waals surface area contributed by atoms with E-state index in [4.69, 9.17) is 0 Å². The molecule has 0 aromatic rings. The van der Waals surface area contributed by atoms with Gasteiger partial charge in [-0.2, -0.15) is 0 Å². The number of halogens is 1. The van der Waals surface area contributed by atoms with E-state index in [2.05, 4.69) is 35.1 Å². The van der Waals surface area contributed by atoms with Gasteiger partial charge in [0.15, 0.2) is 0 Å². The molecule has 0 bridgehead atoms. The molecule has 0 saturated heterocycles. The minimum Gasteiger partial charge on any atom is -0.355 e. The van der Waals surface area contributed by atoms with Crippen LogP contribution in [-0.2, 0) is 4.79 Å². The third-order valence-corrected chi connectivity index (χ3v) is 6.57. The summed E-state index contributed by atoms with van der Waals surface area (Å²) in [5.41, 5.74) is 0.246. The maximum Gasteiger partial charge on any atom is 0.223 e. The van der Waals surface area contributed by atoms with E-state index in [-0.39, 0.29) is 5.41 Å². The molecule has 2 rings (SSSR count). The topological polar surface area (TPSA) is 29.1 Å². The van der Waals surface area contributed by atoms with Gasteiger partial charge in [-0.1, -0.05) is 42.6 Å². The Bertz CT molecular complexity index is 281. The van der Waals surface area contributed by atoms with Gasteiger partial charge in [0, 0.05) is 17.8 Å². The first-order valence-electron chi connectivity index (χ1n) is 7.51. The molecule has 2 aliphatic rings. The van der Waals surface area contributed by atoms with Gasteiger partial charge in [-0.25, -0.2) is 0 Å². The molecular formula is C15H26BrNO. The molecule has 1 N–H and O–H groups in total. The normalized spacial score (nSPS) is 30.7. The predicted molar refractivity (Wildman–Crippen MR) is 78.8 cm³/mol. The summed E-state index contributed by atoms with van der Waals surface area (Å²) in [6.07, 6.45) is 7.47. The third kappa shape index (κ3) is 2.76. The van der Waals surface area contributed by atoms with E-state index in [1.807, 2.05) is 0 Å². The van der Waals surface area contributed by atoms with Crippen LogP contribution in [0.1, 0.15) is 52.4 Å². The number of rotatable bonds is 6. The minimum absolute atomic E-state index is 0.246. The lowest BCUT2D eigenvalue weighted by Crippen LogP contribution is -2.39. The molecule has 2 fully saturated rings. The molecule has 0 radical (unpaired) electrons. The van der Waals surface area contributed by atoms with Crippen molar-refractivity contribution >= 4 is 21.8 Å². The summed E-state index contributed by atoms with van der Waals surface area (Å²) in [5.74, 6) is 2.13. The van der Waals surface area contributed by atoms with Gasteiger partial charge < -0.3 is 5.32 Å². The maximum absolute atomic E-state index is 12.2. The van der Waals surface area contributed by atoms with Crippen LogP contribution in [0.15, 0.2) is 0 Å². The highest BCUT2D eigenvalue weighted by Gasteiger charge is 2.54. The zero-order valence-corrected chi connectivity index (χ0v) is 13.3. The second-order valence-corrected chi connectivity index (χ2v) is 6.76. The summed E-state index contributed by atoms with van der Waals surface area (Å²) in [4.78, 5) is 12.2. The second kappa shape index (κ2) is 5.94. The molecule has 2 aliphatic carbocycles. The van der Waals surface area contributed by atoms with Gasteiger partial charge >= 0.3 is 0 Å². The fourth-order valence-corrected chi connectivity index (χ4v) is 4.50. The summed E-state index contributed by atoms with van der Waals surface area (Å²) in [5, 5.41) is 4.20. The van der Waals surface area contributed by atoms with Crippen molar-refractivity contribution in [2.45, 2.75) is 52.4 Å². The monoisotopic (exact) mass is 315 g/mol. The first-order valence-corrected chi connectivity index (χ1v) is 8.63. The van der Waals surface area contributed by atoms with Gasteiger partial charge in [0.05, 0.1) is 0 Å². The zero-order chi connectivity index (χ0) is 13.2. The van der Waals surface area contributed by atoms with Crippen molar-refractivity contribution < 1.29 is 4.79 Å². The van der Waals surface area contributed by atoms with Gasteiger partial charge in [0.1, 0.15) is 0 Å². The quantitative estimate of drug-likeness (QED) is 0.743. The van der Waals surface area contributed by atoms with Crippen molar-refractivity contribution in [2.75, 3.05) is 11.9 Å². The van der Waals surface area contributed by atoms with E-state index in [1.165, 1.54) is 25.7 Å². The van der Waals surface area contributed by atoms with Crippen LogP contribution in [0.2, 0.25) is 0 Å². The van der Waals surface area contributed by atoms with Crippen molar-refractivity contribution in [1.82, 2.24) is 5.32 Å². The molecule has 2 unspecified atom stereocenters. The zero-order valence-electron chi connectivity index (χ0n) is 11.7. The predicted octanol–water partition coefficient (Wildman–Crippen LogP) is 3.74. The van der Waals surface area contributed by atoms with Crippen molar-refractivity contribution in [3.05, 3.63) is 0 Å². The van der Waals surface area contributed by atoms with E-state index in [0.29, 0.717) is 11.8 Å². The van der Waals surface area contributed by atoms with Crippen LogP contribution in [0.25, 0.3) is 0 Å². The van der Waals surface area contributed by atoms with Crippen LogP contribution in [0.4, 0.5) is 0 Å². The van der Waals surface area contributed by atoms with Crippen molar-refractivity contribution in [3.63, 3.8) is 0 Å². The van der Waals surface area contributed by atoms with Gasteiger partial charge in [-0.15, -0.1) is 0 Å². The van der Waals surface area contributed by atoms with Crippen LogP contribution in [0, 0.1) is 23.2 Å². The van der Waals surface area contributed by atoms with Crippen molar-refractivity contribution in [3.8, 4) is 0 Å². The summed E-state index contributed by atoms with van der Waals surface area (Å²) in [6.45, 7) is 5.27. The van der Waals surface area contributed by atoms with Crippen LogP contribution < -0.4 is 5.32 Å². The summed E-state index contributed by atoms with van der Waals surface area (Å²) >= 11 is 3.61. The number of nitrogens with one attached hydrogen (secondary N) is 1. The molecule has 0 heterocycles. The molecule has 0 aromatic heterocycles. The van der Waals surface area contributed by atoms with Crippen LogP contribution in [-0.4, -0.2) is 17.8 Å². The number of carbonyl (C=O) groups is 1. The SMILES string of the molecule is CCC(CC)(CBr)CNC(=O)C1C2CCCCC21. The highest BCUT2D eigenvalue weighted by molar-refractivity contribution is 9.09. The molecule has 3 heteroatoms. The fourth-order valence-electron chi connectivity index (χ4n) is 3.51. The number of carbonyl (C=O) groups excluding carboxylic acids is 1. The highest BCUT2D eigenvalue weighted by atomic mass is 79.9. The third-order valence-electron chi connectivity index (χ3n) is 5.38. The van der Waals surface area contributed by atoms with Gasteiger partial charge in [-0.05, 0) is 42.9 Å². The smallest absolute Gasteiger partial charge is 0.223 e. The largest absolute Gasteiger partial charge is 0.355 e. The molecule has 0 aromatic carbocycles. The van der Waals surface area contributed by atoms with E-state index in [0.717, 1.165) is 36.6 Å². The molecule has 0 spiro atoms. The van der Waals surface area contributed by atoms with Crippen LogP contribution in [0.3, 0.4) is 0 Å². The molecule has 2 atom stereocenters. The summed E-state index contributed by atoms with van der Waals surface area (Å²) in [7, 11) is 0. The lowest BCUT2D eigenvalue weighted by atomic mass is 9.84. The summed E-state index contributed by atoms with van der Waals surface area (Å²) in [6, 6.07) is 0. The Labute approximate surface area is 119 Å². The van der Waals surface area contributed by atoms with E-state index in [1.54, 1.807) is 0 Å². The Morgan fingerprint density at radius 1 is 1.22 bits per heavy atom. The molecular weight excluding hydrogens is 290 g/mol. The van der Waals surface area contributed by atoms with Crippen LogP contribution in [0.5, 0.6) is 0 Å². The average Bonchev–Trinajstić information content (AvgIpc) is 3.15. The average molecular weight is 316 g/mol. The molecule has 2 saturated carbocycles. The first kappa shape index (κ1) is 14.4. The van der Waals surface area contributed by atoms with E-state index < -0.39 is 0 Å². The molecule has 18 heavy (non-hydrogen) atoms. The molecule has 104 valence electrons. The standard InChI is InChI=1S/C15H26BrNO/c1-3-15(4-2,9-16)10-17-14(18)13-11-7-5-6-8-12(11)13/h11-13H,3-10H2,1-2H3,(H,17,18). The number of hydrogen-bond donors (Lipinski definition) is 1. The number of hydrogen-bond acceptors (Lipinski definition) is 1. The van der Waals surface area contributed by atoms with Gasteiger partial charge in [-0.3, -0.25) is 4.79 Å². The molecule has 1 amide bonds. The Balaban J connectivity index is 1.81. The minimum atomic E-state index is 0.246. The number of amides is 1. The number of alkyl halides is 1. The number of fused-ring (bicyclic) bond motifs is 1. The maximum atomic E-state index is 12.2. The van der Waals surface area contributed by atoms with Crippen molar-refractivity contribution in [1.29, 1.82) is 0 Å². The van der Waals surface area contributed by atoms with E-state index in [9.17, 15) is 4.79 Å². The Hall–Kier alpha value is -0.0500. The second-order valence-electron chi connectivity index (χ2n) is 6.20. The Morgan fingerprint density at radius 3 is 2.22 bits per heavy atom. The van der Waals surface area contributed by atoms with Crippen LogP contribution >= 0.6 is 15.9 Å². The highest BCUT2D eigenvalue weighted by Crippen LogP contribution is 2.55. The molecule has 2 nitrogen and oxygen atoms in total. The lowest BCUT2D eigenvalue weighted by molar-refractivity contribution is -0.123. The van der Waals surface area contributed by atoms with Crippen molar-refractivity contribution in [2.24, 2.45) is 23.2 Å². The van der Waals surface area contributed by atoms with Gasteiger partial charge in [0.25, 0.3) is 0 Å². The molecule has 0 aliphatic heterocycles. The fraction of sp³-hybridized carbons (Fsp3) is 0.933. The lowest BCUT2D eigenvalue weighted by Gasteiger charge is -2.29. The van der Waals surface area contributed by atoms with Gasteiger partial charge in [0.2, 0.25) is 5.91 Å². The summed E-state index contributed by atoms with van der Waals surface area (Å²) < 4.78 is 0. The van der Waals surface area contributed by atoms with E-state index >= 15 is 0 Å². The first-order chi connectivity index (χ1) is 8.67. The Kier molecular flexibility index (Phi) is 4.74.